The molecular weight excluding hydrogens is 292 g/mol. The van der Waals surface area contributed by atoms with Crippen LogP contribution in [0.2, 0.25) is 0 Å². The van der Waals surface area contributed by atoms with Gasteiger partial charge in [0.2, 0.25) is 0 Å². The van der Waals surface area contributed by atoms with Crippen LogP contribution in [0.5, 0.6) is 0 Å². The minimum absolute atomic E-state index is 0.0176. The molecule has 0 N–H and O–H groups in total. The van der Waals surface area contributed by atoms with E-state index in [1.165, 1.54) is 0 Å². The zero-order valence-corrected chi connectivity index (χ0v) is 14.6. The molecule has 1 heterocycles. The van der Waals surface area contributed by atoms with Crippen LogP contribution in [0.15, 0.2) is 41.0 Å². The molecule has 2 unspecified atom stereocenters. The maximum absolute atomic E-state index is 12.7. The van der Waals surface area contributed by atoms with E-state index >= 15 is 0 Å². The van der Waals surface area contributed by atoms with Crippen LogP contribution in [-0.4, -0.2) is 27.3 Å². The molecule has 0 saturated carbocycles. The summed E-state index contributed by atoms with van der Waals surface area (Å²) in [6, 6.07) is 10.1. The number of amides is 1. The van der Waals surface area contributed by atoms with Crippen LogP contribution in [0.3, 0.4) is 0 Å². The third-order valence-corrected chi connectivity index (χ3v) is 5.11. The van der Waals surface area contributed by atoms with Gasteiger partial charge in [-0.05, 0) is 31.4 Å². The lowest BCUT2D eigenvalue weighted by Gasteiger charge is -2.25. The van der Waals surface area contributed by atoms with Gasteiger partial charge in [0.05, 0.1) is 0 Å². The Bertz CT molecular complexity index is 580. The first-order chi connectivity index (χ1) is 10.6. The summed E-state index contributed by atoms with van der Waals surface area (Å²) in [5.41, 5.74) is 1.55. The number of hydrogen-bond donors (Lipinski definition) is 0. The minimum atomic E-state index is 0.0176. The summed E-state index contributed by atoms with van der Waals surface area (Å²) in [5, 5.41) is 1.30. The summed E-state index contributed by atoms with van der Waals surface area (Å²) >= 11 is 1.69. The summed E-state index contributed by atoms with van der Waals surface area (Å²) in [7, 11) is 0. The maximum Gasteiger partial charge on any atom is 0.278 e. The van der Waals surface area contributed by atoms with Crippen molar-refractivity contribution < 1.29 is 4.79 Å². The van der Waals surface area contributed by atoms with Gasteiger partial charge in [-0.1, -0.05) is 62.9 Å². The van der Waals surface area contributed by atoms with E-state index in [0.29, 0.717) is 10.9 Å². The molecule has 22 heavy (non-hydrogen) atoms. The fraction of sp³-hybridized carbons (Fsp3) is 0.444. The molecule has 4 heteroatoms. The van der Waals surface area contributed by atoms with Crippen LogP contribution in [0.4, 0.5) is 0 Å². The lowest BCUT2D eigenvalue weighted by Crippen LogP contribution is -2.38. The van der Waals surface area contributed by atoms with Gasteiger partial charge in [0.25, 0.3) is 5.91 Å². The molecule has 3 nitrogen and oxygen atoms in total. The molecule has 1 aliphatic heterocycles. The van der Waals surface area contributed by atoms with Gasteiger partial charge in [-0.25, -0.2) is 4.99 Å². The second-order valence-electron chi connectivity index (χ2n) is 5.60. The molecule has 0 spiro atoms. The van der Waals surface area contributed by atoms with Crippen LogP contribution in [-0.2, 0) is 4.79 Å². The van der Waals surface area contributed by atoms with E-state index in [1.54, 1.807) is 11.8 Å². The Morgan fingerprint density at radius 1 is 1.18 bits per heavy atom. The molecule has 0 fully saturated rings. The highest BCUT2D eigenvalue weighted by Gasteiger charge is 2.34. The molecule has 2 rings (SSSR count). The Hall–Kier alpha value is -1.55. The zero-order valence-electron chi connectivity index (χ0n) is 13.7. The van der Waals surface area contributed by atoms with Gasteiger partial charge in [-0.3, -0.25) is 9.69 Å². The molecule has 1 aromatic carbocycles. The third-order valence-electron chi connectivity index (χ3n) is 3.88. The Labute approximate surface area is 137 Å². The first-order valence-corrected chi connectivity index (χ1v) is 8.80. The summed E-state index contributed by atoms with van der Waals surface area (Å²) < 4.78 is 0. The first kappa shape index (κ1) is 16.8. The molecular formula is C18H24N2OS. The average molecular weight is 316 g/mol. The van der Waals surface area contributed by atoms with Crippen molar-refractivity contribution in [3.8, 4) is 0 Å². The van der Waals surface area contributed by atoms with Gasteiger partial charge in [-0.15, -0.1) is 0 Å². The Balaban J connectivity index is 2.32. The number of aliphatic imine (C=N–C) groups is 1. The number of rotatable bonds is 5. The second kappa shape index (κ2) is 7.63. The standard InChI is InChI=1S/C18H24N2OS/c1-5-13(3)20-17(21)16(12-15-10-8-7-9-11-15)19-18(20)22-14(4)6-2/h7-14H,5-6H2,1-4H3/b16-12+. The Morgan fingerprint density at radius 3 is 2.45 bits per heavy atom. The third kappa shape index (κ3) is 3.80. The molecule has 0 radical (unpaired) electrons. The highest BCUT2D eigenvalue weighted by molar-refractivity contribution is 8.14. The van der Waals surface area contributed by atoms with Gasteiger partial charge >= 0.3 is 0 Å². The second-order valence-corrected chi connectivity index (χ2v) is 7.01. The normalized spacial score (nSPS) is 19.5. The van der Waals surface area contributed by atoms with Crippen LogP contribution in [0, 0.1) is 0 Å². The summed E-state index contributed by atoms with van der Waals surface area (Å²) in [6.45, 7) is 8.51. The molecule has 0 saturated heterocycles. The predicted octanol–water partition coefficient (Wildman–Crippen LogP) is 4.56. The lowest BCUT2D eigenvalue weighted by molar-refractivity contribution is -0.123. The number of thioether (sulfide) groups is 1. The molecule has 118 valence electrons. The number of benzene rings is 1. The molecule has 0 aliphatic carbocycles. The highest BCUT2D eigenvalue weighted by atomic mass is 32.2. The van der Waals surface area contributed by atoms with E-state index in [-0.39, 0.29) is 11.9 Å². The largest absolute Gasteiger partial charge is 0.283 e. The van der Waals surface area contributed by atoms with Crippen molar-refractivity contribution >= 4 is 28.9 Å². The average Bonchev–Trinajstić information content (AvgIpc) is 2.83. The number of amidine groups is 1. The van der Waals surface area contributed by atoms with Gasteiger partial charge in [0, 0.05) is 11.3 Å². The van der Waals surface area contributed by atoms with Crippen molar-refractivity contribution in [1.29, 1.82) is 0 Å². The smallest absolute Gasteiger partial charge is 0.278 e. The molecule has 2 atom stereocenters. The van der Waals surface area contributed by atoms with Crippen molar-refractivity contribution in [2.45, 2.75) is 51.8 Å². The number of nitrogens with zero attached hydrogens (tertiary/aromatic N) is 2. The van der Waals surface area contributed by atoms with Crippen molar-refractivity contribution in [2.75, 3.05) is 0 Å². The topological polar surface area (TPSA) is 32.7 Å². The minimum Gasteiger partial charge on any atom is -0.283 e. The van der Waals surface area contributed by atoms with E-state index in [0.717, 1.165) is 23.6 Å². The van der Waals surface area contributed by atoms with Crippen LogP contribution in [0.1, 0.15) is 46.1 Å². The molecule has 0 bridgehead atoms. The van der Waals surface area contributed by atoms with Crippen LogP contribution >= 0.6 is 11.8 Å². The summed E-state index contributed by atoms with van der Waals surface area (Å²) in [6.07, 6.45) is 3.86. The van der Waals surface area contributed by atoms with Crippen LogP contribution in [0.25, 0.3) is 6.08 Å². The maximum atomic E-state index is 12.7. The van der Waals surface area contributed by atoms with Gasteiger partial charge < -0.3 is 0 Å². The molecule has 1 amide bonds. The van der Waals surface area contributed by atoms with E-state index < -0.39 is 0 Å². The Kier molecular flexibility index (Phi) is 5.83. The zero-order chi connectivity index (χ0) is 16.1. The quantitative estimate of drug-likeness (QED) is 0.746. The number of carbonyl (C=O) groups excluding carboxylic acids is 1. The predicted molar refractivity (Wildman–Crippen MR) is 95.8 cm³/mol. The van der Waals surface area contributed by atoms with E-state index in [1.807, 2.05) is 41.3 Å². The number of carbonyl (C=O) groups is 1. The fourth-order valence-electron chi connectivity index (χ4n) is 2.13. The molecule has 1 aliphatic rings. The van der Waals surface area contributed by atoms with Crippen LogP contribution < -0.4 is 0 Å². The van der Waals surface area contributed by atoms with Gasteiger partial charge in [0.15, 0.2) is 5.17 Å². The fourth-order valence-corrected chi connectivity index (χ4v) is 3.19. The summed E-state index contributed by atoms with van der Waals surface area (Å²) in [5.74, 6) is 0.0176. The van der Waals surface area contributed by atoms with E-state index in [2.05, 4.69) is 32.7 Å². The monoisotopic (exact) mass is 316 g/mol. The molecule has 0 aromatic heterocycles. The van der Waals surface area contributed by atoms with Crippen molar-refractivity contribution in [2.24, 2.45) is 4.99 Å². The van der Waals surface area contributed by atoms with Gasteiger partial charge in [0.1, 0.15) is 5.70 Å². The number of hydrogen-bond acceptors (Lipinski definition) is 3. The lowest BCUT2D eigenvalue weighted by atomic mass is 10.2. The first-order valence-electron chi connectivity index (χ1n) is 7.92. The summed E-state index contributed by atoms with van der Waals surface area (Å²) in [4.78, 5) is 19.2. The van der Waals surface area contributed by atoms with Gasteiger partial charge in [-0.2, -0.15) is 0 Å². The van der Waals surface area contributed by atoms with Crippen molar-refractivity contribution in [3.05, 3.63) is 41.6 Å². The van der Waals surface area contributed by atoms with E-state index in [4.69, 9.17) is 0 Å². The Morgan fingerprint density at radius 2 is 1.86 bits per heavy atom. The molecule has 1 aromatic rings. The van der Waals surface area contributed by atoms with Crippen molar-refractivity contribution in [1.82, 2.24) is 4.90 Å². The van der Waals surface area contributed by atoms with E-state index in [9.17, 15) is 4.79 Å². The SMILES string of the molecule is CCC(C)SC1=N/C(=C/c2ccccc2)C(=O)N1C(C)CC. The highest BCUT2D eigenvalue weighted by Crippen LogP contribution is 2.29. The van der Waals surface area contributed by atoms with Crippen molar-refractivity contribution in [3.63, 3.8) is 0 Å².